The Morgan fingerprint density at radius 2 is 2.33 bits per heavy atom. The van der Waals surface area contributed by atoms with Crippen molar-refractivity contribution < 1.29 is 4.79 Å². The van der Waals surface area contributed by atoms with Crippen molar-refractivity contribution in [1.29, 1.82) is 0 Å². The van der Waals surface area contributed by atoms with Crippen LogP contribution in [0.5, 0.6) is 0 Å². The molecule has 1 aromatic rings. The molecule has 0 radical (unpaired) electrons. The fourth-order valence-corrected chi connectivity index (χ4v) is 1.60. The first-order valence-electron chi connectivity index (χ1n) is 5.53. The van der Waals surface area contributed by atoms with Gasteiger partial charge >= 0.3 is 0 Å². The molecule has 1 fully saturated rings. The smallest absolute Gasteiger partial charge is 0.228 e. The number of rotatable bonds is 3. The summed E-state index contributed by atoms with van der Waals surface area (Å²) < 4.78 is 0. The third-order valence-electron chi connectivity index (χ3n) is 2.95. The molecule has 0 aromatic carbocycles. The minimum absolute atomic E-state index is 0.114. The van der Waals surface area contributed by atoms with Gasteiger partial charge in [-0.25, -0.2) is 0 Å². The molecule has 0 aliphatic heterocycles. The number of aromatic nitrogens is 2. The first-order valence-corrected chi connectivity index (χ1v) is 5.53. The summed E-state index contributed by atoms with van der Waals surface area (Å²) in [5.41, 5.74) is 1.05. The van der Waals surface area contributed by atoms with E-state index in [9.17, 15) is 4.79 Å². The van der Waals surface area contributed by atoms with E-state index in [0.29, 0.717) is 11.7 Å². The van der Waals surface area contributed by atoms with E-state index in [1.54, 1.807) is 0 Å². The average Bonchev–Trinajstić information content (AvgIpc) is 2.48. The van der Waals surface area contributed by atoms with Gasteiger partial charge < -0.3 is 5.32 Å². The minimum atomic E-state index is 0.114. The van der Waals surface area contributed by atoms with Crippen LogP contribution in [0.1, 0.15) is 44.7 Å². The highest BCUT2D eigenvalue weighted by Gasteiger charge is 2.25. The number of H-pyrrole nitrogens is 1. The zero-order valence-corrected chi connectivity index (χ0v) is 9.21. The molecule has 2 N–H and O–H groups in total. The van der Waals surface area contributed by atoms with E-state index in [4.69, 9.17) is 0 Å². The van der Waals surface area contributed by atoms with Crippen LogP contribution in [0.4, 0.5) is 5.82 Å². The summed E-state index contributed by atoms with van der Waals surface area (Å²) in [6.45, 7) is 4.18. The quantitative estimate of drug-likeness (QED) is 0.798. The van der Waals surface area contributed by atoms with Crippen LogP contribution in [0.25, 0.3) is 0 Å². The second-order valence-corrected chi connectivity index (χ2v) is 4.48. The number of hydrogen-bond acceptors (Lipinski definition) is 2. The molecule has 0 saturated heterocycles. The van der Waals surface area contributed by atoms with Crippen LogP contribution in [0.15, 0.2) is 6.07 Å². The summed E-state index contributed by atoms with van der Waals surface area (Å²) in [7, 11) is 0. The molecule has 82 valence electrons. The zero-order chi connectivity index (χ0) is 10.8. The molecule has 1 aliphatic carbocycles. The van der Waals surface area contributed by atoms with Gasteiger partial charge in [-0.05, 0) is 18.8 Å². The summed E-state index contributed by atoms with van der Waals surface area (Å²) >= 11 is 0. The third-order valence-corrected chi connectivity index (χ3v) is 2.95. The molecular formula is C11H17N3O. The number of nitrogens with one attached hydrogen (secondary N) is 2. The molecule has 0 unspecified atom stereocenters. The van der Waals surface area contributed by atoms with Gasteiger partial charge in [0.25, 0.3) is 0 Å². The maximum atomic E-state index is 11.6. The molecule has 2 rings (SSSR count). The Hall–Kier alpha value is -1.32. The first kappa shape index (κ1) is 10.2. The van der Waals surface area contributed by atoms with Crippen LogP contribution < -0.4 is 5.32 Å². The first-order chi connectivity index (χ1) is 7.16. The number of nitrogens with zero attached hydrogens (tertiary/aromatic N) is 1. The Bertz CT molecular complexity index is 352. The molecule has 0 spiro atoms. The van der Waals surface area contributed by atoms with E-state index in [0.717, 1.165) is 18.5 Å². The molecule has 15 heavy (non-hydrogen) atoms. The molecular weight excluding hydrogens is 190 g/mol. The normalized spacial score (nSPS) is 16.5. The van der Waals surface area contributed by atoms with E-state index in [1.165, 1.54) is 6.42 Å². The summed E-state index contributed by atoms with van der Waals surface area (Å²) in [5.74, 6) is 1.38. The lowest BCUT2D eigenvalue weighted by Gasteiger charge is -2.23. The lowest BCUT2D eigenvalue weighted by Crippen LogP contribution is -2.28. The molecule has 1 saturated carbocycles. The van der Waals surface area contributed by atoms with Crippen molar-refractivity contribution in [2.24, 2.45) is 5.92 Å². The van der Waals surface area contributed by atoms with Crippen LogP contribution in [-0.4, -0.2) is 16.1 Å². The largest absolute Gasteiger partial charge is 0.309 e. The molecule has 1 heterocycles. The van der Waals surface area contributed by atoms with E-state index in [1.807, 2.05) is 6.07 Å². The molecule has 4 heteroatoms. The molecule has 0 bridgehead atoms. The van der Waals surface area contributed by atoms with Crippen molar-refractivity contribution >= 4 is 11.7 Å². The molecule has 4 nitrogen and oxygen atoms in total. The number of amides is 1. The number of carbonyl (C=O) groups is 1. The highest BCUT2D eigenvalue weighted by Crippen LogP contribution is 2.27. The Morgan fingerprint density at radius 3 is 2.80 bits per heavy atom. The van der Waals surface area contributed by atoms with Gasteiger partial charge in [0.15, 0.2) is 5.82 Å². The van der Waals surface area contributed by atoms with Crippen LogP contribution in [0.2, 0.25) is 0 Å². The van der Waals surface area contributed by atoms with E-state index in [2.05, 4.69) is 29.4 Å². The Labute approximate surface area is 89.5 Å². The van der Waals surface area contributed by atoms with E-state index in [-0.39, 0.29) is 11.8 Å². The minimum Gasteiger partial charge on any atom is -0.309 e. The van der Waals surface area contributed by atoms with Crippen LogP contribution in [-0.2, 0) is 4.79 Å². The molecule has 1 aromatic heterocycles. The van der Waals surface area contributed by atoms with Gasteiger partial charge in [0.05, 0.1) is 0 Å². The van der Waals surface area contributed by atoms with Gasteiger partial charge in [-0.3, -0.25) is 9.89 Å². The maximum Gasteiger partial charge on any atom is 0.228 e. The fourth-order valence-electron chi connectivity index (χ4n) is 1.60. The van der Waals surface area contributed by atoms with Crippen LogP contribution >= 0.6 is 0 Å². The van der Waals surface area contributed by atoms with Gasteiger partial charge in [0, 0.05) is 17.7 Å². The van der Waals surface area contributed by atoms with Gasteiger partial charge in [-0.1, -0.05) is 20.3 Å². The van der Waals surface area contributed by atoms with Crippen molar-refractivity contribution in [1.82, 2.24) is 10.2 Å². The average molecular weight is 207 g/mol. The molecule has 0 atom stereocenters. The van der Waals surface area contributed by atoms with Crippen molar-refractivity contribution in [3.63, 3.8) is 0 Å². The van der Waals surface area contributed by atoms with Gasteiger partial charge in [-0.15, -0.1) is 0 Å². The standard InChI is InChI=1S/C11H17N3O/c1-7(2)9-6-10(14-13-9)12-11(15)8-4-3-5-8/h6-8H,3-5H2,1-2H3,(H2,12,13,14,15). The second-order valence-electron chi connectivity index (χ2n) is 4.48. The Balaban J connectivity index is 1.95. The van der Waals surface area contributed by atoms with Crippen molar-refractivity contribution in [2.45, 2.75) is 39.0 Å². The third kappa shape index (κ3) is 2.19. The SMILES string of the molecule is CC(C)c1cc(NC(=O)C2CCC2)n[nH]1. The molecule has 1 amide bonds. The predicted molar refractivity (Wildman–Crippen MR) is 58.6 cm³/mol. The van der Waals surface area contributed by atoms with Crippen LogP contribution in [0.3, 0.4) is 0 Å². The molecule has 1 aliphatic rings. The van der Waals surface area contributed by atoms with E-state index >= 15 is 0 Å². The number of aromatic amines is 1. The fraction of sp³-hybridized carbons (Fsp3) is 0.636. The van der Waals surface area contributed by atoms with Gasteiger partial charge in [0.2, 0.25) is 5.91 Å². The monoisotopic (exact) mass is 207 g/mol. The van der Waals surface area contributed by atoms with Crippen molar-refractivity contribution in [3.8, 4) is 0 Å². The highest BCUT2D eigenvalue weighted by molar-refractivity contribution is 5.92. The Kier molecular flexibility index (Phi) is 2.75. The number of anilines is 1. The second kappa shape index (κ2) is 4.04. The summed E-state index contributed by atoms with van der Waals surface area (Å²) in [6.07, 6.45) is 3.22. The number of carbonyl (C=O) groups excluding carboxylic acids is 1. The topological polar surface area (TPSA) is 57.8 Å². The lowest BCUT2D eigenvalue weighted by atomic mass is 9.85. The predicted octanol–water partition coefficient (Wildman–Crippen LogP) is 2.27. The van der Waals surface area contributed by atoms with Crippen molar-refractivity contribution in [3.05, 3.63) is 11.8 Å². The summed E-state index contributed by atoms with van der Waals surface area (Å²) in [6, 6.07) is 1.90. The van der Waals surface area contributed by atoms with Gasteiger partial charge in [-0.2, -0.15) is 5.10 Å². The number of hydrogen-bond donors (Lipinski definition) is 2. The zero-order valence-electron chi connectivity index (χ0n) is 9.21. The maximum absolute atomic E-state index is 11.6. The van der Waals surface area contributed by atoms with E-state index < -0.39 is 0 Å². The summed E-state index contributed by atoms with van der Waals surface area (Å²) in [4.78, 5) is 11.6. The highest BCUT2D eigenvalue weighted by atomic mass is 16.2. The Morgan fingerprint density at radius 1 is 1.60 bits per heavy atom. The van der Waals surface area contributed by atoms with Crippen molar-refractivity contribution in [2.75, 3.05) is 5.32 Å². The summed E-state index contributed by atoms with van der Waals surface area (Å²) in [5, 5.41) is 9.82. The lowest BCUT2D eigenvalue weighted by molar-refractivity contribution is -0.122. The van der Waals surface area contributed by atoms with Gasteiger partial charge in [0.1, 0.15) is 0 Å². The van der Waals surface area contributed by atoms with Crippen LogP contribution in [0, 0.1) is 5.92 Å².